The van der Waals surface area contributed by atoms with Crippen molar-refractivity contribution in [3.8, 4) is 0 Å². The van der Waals surface area contributed by atoms with Crippen LogP contribution in [0.15, 0.2) is 17.5 Å². The molecule has 3 rings (SSSR count). The van der Waals surface area contributed by atoms with E-state index in [-0.39, 0.29) is 18.0 Å². The molecule has 0 unspecified atom stereocenters. The summed E-state index contributed by atoms with van der Waals surface area (Å²) in [6, 6.07) is 3.73. The van der Waals surface area contributed by atoms with Crippen molar-refractivity contribution in [2.24, 2.45) is 0 Å². The normalized spacial score (nSPS) is 16.5. The monoisotopic (exact) mass is 390 g/mol. The predicted octanol–water partition coefficient (Wildman–Crippen LogP) is 3.69. The second kappa shape index (κ2) is 8.71. The highest BCUT2D eigenvalue weighted by atomic mass is 32.1. The first-order chi connectivity index (χ1) is 13.0. The number of H-pyrrole nitrogens is 1. The summed E-state index contributed by atoms with van der Waals surface area (Å²) < 4.78 is 10.9. The van der Waals surface area contributed by atoms with Crippen LogP contribution in [0, 0.1) is 13.8 Å². The molecule has 0 aromatic carbocycles. The second-order valence-corrected chi connectivity index (χ2v) is 7.69. The molecule has 3 heterocycles. The summed E-state index contributed by atoms with van der Waals surface area (Å²) >= 11 is 1.44. The Hall–Kier alpha value is -2.12. The van der Waals surface area contributed by atoms with Crippen molar-refractivity contribution in [1.82, 2.24) is 9.88 Å². The fourth-order valence-electron chi connectivity index (χ4n) is 3.43. The minimum absolute atomic E-state index is 0.00168. The molecule has 1 aliphatic rings. The summed E-state index contributed by atoms with van der Waals surface area (Å²) in [6.45, 7) is 7.66. The zero-order valence-electron chi connectivity index (χ0n) is 16.0. The van der Waals surface area contributed by atoms with E-state index in [0.717, 1.165) is 36.3 Å². The van der Waals surface area contributed by atoms with Gasteiger partial charge in [0.25, 0.3) is 5.91 Å². The molecule has 1 aliphatic heterocycles. The van der Waals surface area contributed by atoms with E-state index in [4.69, 9.17) is 9.47 Å². The van der Waals surface area contributed by atoms with E-state index in [2.05, 4.69) is 4.98 Å². The first-order valence-electron chi connectivity index (χ1n) is 9.30. The van der Waals surface area contributed by atoms with Gasteiger partial charge in [0.15, 0.2) is 0 Å². The first kappa shape index (κ1) is 19.6. The van der Waals surface area contributed by atoms with Gasteiger partial charge < -0.3 is 19.4 Å². The largest absolute Gasteiger partial charge is 0.461 e. The van der Waals surface area contributed by atoms with Crippen molar-refractivity contribution in [3.63, 3.8) is 0 Å². The molecule has 0 saturated carbocycles. The number of nitrogens with one attached hydrogen (secondary N) is 1. The Morgan fingerprint density at radius 3 is 2.85 bits per heavy atom. The molecule has 1 fully saturated rings. The smallest absolute Gasteiger partial charge is 0.355 e. The first-order valence-corrected chi connectivity index (χ1v) is 10.2. The molecular formula is C20H26N2O4S. The number of hydrogen-bond acceptors (Lipinski definition) is 5. The highest BCUT2D eigenvalue weighted by Gasteiger charge is 2.27. The highest BCUT2D eigenvalue weighted by molar-refractivity contribution is 7.12. The molecule has 0 spiro atoms. The van der Waals surface area contributed by atoms with Gasteiger partial charge in [-0.05, 0) is 56.2 Å². The molecule has 1 amide bonds. The van der Waals surface area contributed by atoms with Gasteiger partial charge >= 0.3 is 5.97 Å². The van der Waals surface area contributed by atoms with Crippen molar-refractivity contribution < 1.29 is 19.1 Å². The predicted molar refractivity (Wildman–Crippen MR) is 104 cm³/mol. The molecule has 1 atom stereocenters. The average Bonchev–Trinajstić information content (AvgIpc) is 3.39. The summed E-state index contributed by atoms with van der Waals surface area (Å²) in [5.74, 6) is -0.363. The Morgan fingerprint density at radius 2 is 2.22 bits per heavy atom. The number of nitrogens with zero attached hydrogens (tertiary/aromatic N) is 1. The van der Waals surface area contributed by atoms with Crippen LogP contribution >= 0.6 is 11.3 Å². The maximum absolute atomic E-state index is 13.0. The lowest BCUT2D eigenvalue weighted by molar-refractivity contribution is 0.0510. The van der Waals surface area contributed by atoms with Gasteiger partial charge in [-0.25, -0.2) is 4.79 Å². The van der Waals surface area contributed by atoms with Gasteiger partial charge in [-0.2, -0.15) is 0 Å². The maximum atomic E-state index is 13.0. The summed E-state index contributed by atoms with van der Waals surface area (Å²) in [5.41, 5.74) is 3.14. The van der Waals surface area contributed by atoms with Crippen molar-refractivity contribution in [3.05, 3.63) is 44.9 Å². The zero-order chi connectivity index (χ0) is 19.4. The molecule has 0 aliphatic carbocycles. The maximum Gasteiger partial charge on any atom is 0.355 e. The topological polar surface area (TPSA) is 71.6 Å². The van der Waals surface area contributed by atoms with Gasteiger partial charge in [0.05, 0.1) is 17.6 Å². The van der Waals surface area contributed by atoms with Crippen molar-refractivity contribution in [1.29, 1.82) is 0 Å². The third-order valence-corrected chi connectivity index (χ3v) is 5.75. The summed E-state index contributed by atoms with van der Waals surface area (Å²) in [7, 11) is 0. The second-order valence-electron chi connectivity index (χ2n) is 6.75. The standard InChI is InChI=1S/C20H26N2O4S/c1-4-25-20(24)18-13(2)16(14(3)21-18)12-22(11-15-7-5-9-26-15)19(23)17-8-6-10-27-17/h6,8,10,15,21H,4-5,7,9,11-12H2,1-3H3/t15-/m1/s1. The van der Waals surface area contributed by atoms with E-state index in [1.54, 1.807) is 6.92 Å². The third kappa shape index (κ3) is 4.42. The lowest BCUT2D eigenvalue weighted by Crippen LogP contribution is -2.36. The Labute approximate surface area is 163 Å². The zero-order valence-corrected chi connectivity index (χ0v) is 16.9. The Morgan fingerprint density at radius 1 is 1.41 bits per heavy atom. The number of amides is 1. The number of thiophene rings is 1. The van der Waals surface area contributed by atoms with Gasteiger partial charge in [0.2, 0.25) is 0 Å². The van der Waals surface area contributed by atoms with Gasteiger partial charge in [-0.1, -0.05) is 6.07 Å². The third-order valence-electron chi connectivity index (χ3n) is 4.89. The molecule has 146 valence electrons. The number of aryl methyl sites for hydroxylation is 1. The van der Waals surface area contributed by atoms with Crippen LogP contribution in [0.4, 0.5) is 0 Å². The lowest BCUT2D eigenvalue weighted by atomic mass is 10.1. The number of rotatable bonds is 7. The Bertz CT molecular complexity index is 791. The van der Waals surface area contributed by atoms with E-state index in [1.165, 1.54) is 11.3 Å². The number of carbonyl (C=O) groups excluding carboxylic acids is 2. The van der Waals surface area contributed by atoms with E-state index < -0.39 is 0 Å². The fraction of sp³-hybridized carbons (Fsp3) is 0.500. The number of esters is 1. The Balaban J connectivity index is 1.85. The quantitative estimate of drug-likeness (QED) is 0.732. The molecule has 27 heavy (non-hydrogen) atoms. The van der Waals surface area contributed by atoms with Crippen molar-refractivity contribution in [2.75, 3.05) is 19.8 Å². The summed E-state index contributed by atoms with van der Waals surface area (Å²) in [6.07, 6.45) is 2.06. The summed E-state index contributed by atoms with van der Waals surface area (Å²) in [4.78, 5) is 30.9. The van der Waals surface area contributed by atoms with Gasteiger partial charge in [0, 0.05) is 25.4 Å². The lowest BCUT2D eigenvalue weighted by Gasteiger charge is -2.25. The van der Waals surface area contributed by atoms with Crippen LogP contribution < -0.4 is 0 Å². The molecule has 1 saturated heterocycles. The van der Waals surface area contributed by atoms with E-state index in [0.29, 0.717) is 30.3 Å². The number of aromatic amines is 1. The van der Waals surface area contributed by atoms with Gasteiger partial charge in [0.1, 0.15) is 5.69 Å². The number of ether oxygens (including phenoxy) is 2. The van der Waals surface area contributed by atoms with Crippen molar-refractivity contribution >= 4 is 23.2 Å². The molecule has 2 aromatic heterocycles. The number of hydrogen-bond donors (Lipinski definition) is 1. The van der Waals surface area contributed by atoms with Crippen LogP contribution in [0.1, 0.15) is 56.7 Å². The van der Waals surface area contributed by atoms with Gasteiger partial charge in [-0.15, -0.1) is 11.3 Å². The SMILES string of the molecule is CCOC(=O)c1[nH]c(C)c(CN(C[C@H]2CCCO2)C(=O)c2cccs2)c1C. The van der Waals surface area contributed by atoms with E-state index >= 15 is 0 Å². The molecule has 0 bridgehead atoms. The minimum Gasteiger partial charge on any atom is -0.461 e. The van der Waals surface area contributed by atoms with Crippen LogP contribution in [0.2, 0.25) is 0 Å². The van der Waals surface area contributed by atoms with Crippen LogP contribution in [-0.4, -0.2) is 47.6 Å². The Kier molecular flexibility index (Phi) is 6.34. The molecular weight excluding hydrogens is 364 g/mol. The average molecular weight is 391 g/mol. The molecule has 0 radical (unpaired) electrons. The minimum atomic E-state index is -0.361. The molecule has 2 aromatic rings. The molecule has 1 N–H and O–H groups in total. The molecule has 6 nitrogen and oxygen atoms in total. The van der Waals surface area contributed by atoms with E-state index in [1.807, 2.05) is 36.3 Å². The van der Waals surface area contributed by atoms with Crippen LogP contribution in [0.3, 0.4) is 0 Å². The van der Waals surface area contributed by atoms with Gasteiger partial charge in [-0.3, -0.25) is 4.79 Å². The summed E-state index contributed by atoms with van der Waals surface area (Å²) in [5, 5.41) is 1.91. The van der Waals surface area contributed by atoms with Crippen LogP contribution in [0.5, 0.6) is 0 Å². The van der Waals surface area contributed by atoms with E-state index in [9.17, 15) is 9.59 Å². The highest BCUT2D eigenvalue weighted by Crippen LogP contribution is 2.24. The number of carbonyl (C=O) groups is 2. The number of aromatic nitrogens is 1. The molecule has 7 heteroatoms. The fourth-order valence-corrected chi connectivity index (χ4v) is 4.12. The van der Waals surface area contributed by atoms with Crippen LogP contribution in [-0.2, 0) is 16.0 Å². The van der Waals surface area contributed by atoms with Crippen LogP contribution in [0.25, 0.3) is 0 Å². The van der Waals surface area contributed by atoms with Crippen molar-refractivity contribution in [2.45, 2.75) is 46.3 Å².